The monoisotopic (exact) mass is 359 g/mol. The number of alkyl halides is 3. The molecule has 0 aromatic heterocycles. The molecular weight excluding hydrogens is 339 g/mol. The van der Waals surface area contributed by atoms with E-state index in [1.807, 2.05) is 0 Å². The van der Waals surface area contributed by atoms with Crippen molar-refractivity contribution in [3.8, 4) is 0 Å². The lowest BCUT2D eigenvalue weighted by Crippen LogP contribution is -2.43. The second kappa shape index (κ2) is 6.91. The van der Waals surface area contributed by atoms with E-state index in [0.29, 0.717) is 0 Å². The van der Waals surface area contributed by atoms with E-state index in [2.05, 4.69) is 10.3 Å². The van der Waals surface area contributed by atoms with E-state index in [-0.39, 0.29) is 30.7 Å². The molecule has 0 saturated heterocycles. The molecule has 0 saturated carbocycles. The van der Waals surface area contributed by atoms with Crippen LogP contribution in [0.15, 0.2) is 29.3 Å². The number of aliphatic hydroxyl groups is 1. The lowest BCUT2D eigenvalue weighted by atomic mass is 10.1. The Morgan fingerprint density at radius 3 is 2.72 bits per heavy atom. The Hall–Kier alpha value is -2.29. The van der Waals surface area contributed by atoms with Crippen LogP contribution < -0.4 is 10.2 Å². The topological polar surface area (TPSA) is 74.2 Å². The Morgan fingerprint density at radius 1 is 1.48 bits per heavy atom. The summed E-state index contributed by atoms with van der Waals surface area (Å²) in [7, 11) is 0. The molecule has 1 amide bonds. The molecular formula is C16H20F3N3O3. The summed E-state index contributed by atoms with van der Waals surface area (Å²) in [5, 5.41) is 12.8. The summed E-state index contributed by atoms with van der Waals surface area (Å²) in [5.41, 5.74) is -2.18. The average molecular weight is 359 g/mol. The molecule has 0 fully saturated rings. The minimum atomic E-state index is -4.50. The number of alkyl carbamates (subject to hydrolysis) is 1. The Labute approximate surface area is 143 Å². The highest BCUT2D eigenvalue weighted by Gasteiger charge is 2.39. The van der Waals surface area contributed by atoms with Crippen molar-refractivity contribution < 1.29 is 27.8 Å². The van der Waals surface area contributed by atoms with Gasteiger partial charge in [0.2, 0.25) is 5.96 Å². The number of nitrogens with one attached hydrogen (secondary N) is 1. The number of β-amino-alcohol motifs (C(OH)–C–C–N with tert-alkyl or cyclic N) is 1. The summed E-state index contributed by atoms with van der Waals surface area (Å²) in [6, 6.07) is 4.59. The van der Waals surface area contributed by atoms with Gasteiger partial charge in [-0.15, -0.1) is 0 Å². The maximum atomic E-state index is 12.9. The number of carbonyl (C=O) groups excluding carboxylic acids is 1. The van der Waals surface area contributed by atoms with E-state index in [9.17, 15) is 23.1 Å². The fourth-order valence-corrected chi connectivity index (χ4v) is 2.31. The Balaban J connectivity index is 2.32. The van der Waals surface area contributed by atoms with Crippen LogP contribution >= 0.6 is 0 Å². The second-order valence-electron chi connectivity index (χ2n) is 5.98. The molecule has 25 heavy (non-hydrogen) atoms. The van der Waals surface area contributed by atoms with Gasteiger partial charge >= 0.3 is 12.3 Å². The third-order valence-corrected chi connectivity index (χ3v) is 3.59. The van der Waals surface area contributed by atoms with Crippen molar-refractivity contribution in [3.63, 3.8) is 0 Å². The van der Waals surface area contributed by atoms with Gasteiger partial charge in [0.05, 0.1) is 18.2 Å². The second-order valence-corrected chi connectivity index (χ2v) is 5.98. The van der Waals surface area contributed by atoms with Crippen molar-refractivity contribution >= 4 is 17.7 Å². The van der Waals surface area contributed by atoms with Crippen LogP contribution in [0.25, 0.3) is 0 Å². The van der Waals surface area contributed by atoms with E-state index in [0.717, 1.165) is 12.1 Å². The van der Waals surface area contributed by atoms with Gasteiger partial charge < -0.3 is 14.7 Å². The molecule has 0 bridgehead atoms. The van der Waals surface area contributed by atoms with Crippen LogP contribution in [-0.4, -0.2) is 35.5 Å². The minimum Gasteiger partial charge on any atom is -0.447 e. The first-order chi connectivity index (χ1) is 11.5. The minimum absolute atomic E-state index is 0.0608. The van der Waals surface area contributed by atoms with Crippen LogP contribution in [-0.2, 0) is 10.9 Å². The van der Waals surface area contributed by atoms with E-state index in [4.69, 9.17) is 4.74 Å². The number of anilines is 1. The largest absolute Gasteiger partial charge is 0.447 e. The Morgan fingerprint density at radius 2 is 2.16 bits per heavy atom. The quantitative estimate of drug-likeness (QED) is 0.870. The number of hydrogen-bond acceptors (Lipinski definition) is 5. The molecule has 1 heterocycles. The molecule has 0 spiro atoms. The summed E-state index contributed by atoms with van der Waals surface area (Å²) >= 11 is 0. The number of benzene rings is 1. The fraction of sp³-hybridized carbons (Fsp3) is 0.500. The van der Waals surface area contributed by atoms with Gasteiger partial charge in [0.1, 0.15) is 0 Å². The van der Waals surface area contributed by atoms with Crippen molar-refractivity contribution in [2.75, 3.05) is 11.4 Å². The maximum absolute atomic E-state index is 12.9. The molecule has 1 atom stereocenters. The normalized spacial score (nSPS) is 20.6. The SMILES string of the molecule is CCC1(O)CN(c2cccc(C(F)(F)F)c2)C(NC(=O)OC(C)C)=N1. The van der Waals surface area contributed by atoms with Gasteiger partial charge in [0.15, 0.2) is 5.72 Å². The van der Waals surface area contributed by atoms with E-state index in [1.54, 1.807) is 20.8 Å². The maximum Gasteiger partial charge on any atom is 0.416 e. The molecule has 6 nitrogen and oxygen atoms in total. The van der Waals surface area contributed by atoms with Crippen molar-refractivity contribution in [1.82, 2.24) is 5.32 Å². The lowest BCUT2D eigenvalue weighted by molar-refractivity contribution is -0.137. The molecule has 1 aromatic rings. The predicted molar refractivity (Wildman–Crippen MR) is 86.2 cm³/mol. The van der Waals surface area contributed by atoms with Crippen LogP contribution in [0.1, 0.15) is 32.8 Å². The highest BCUT2D eigenvalue weighted by atomic mass is 19.4. The number of ether oxygens (including phenoxy) is 1. The molecule has 0 aliphatic carbocycles. The number of rotatable bonds is 3. The number of hydrogen-bond donors (Lipinski definition) is 2. The smallest absolute Gasteiger partial charge is 0.416 e. The van der Waals surface area contributed by atoms with Crippen molar-refractivity contribution in [2.24, 2.45) is 4.99 Å². The van der Waals surface area contributed by atoms with E-state index < -0.39 is 23.6 Å². The zero-order valence-electron chi connectivity index (χ0n) is 14.1. The predicted octanol–water partition coefficient (Wildman–Crippen LogP) is 3.11. The highest BCUT2D eigenvalue weighted by Crippen LogP contribution is 2.33. The molecule has 1 aliphatic heterocycles. The fourth-order valence-electron chi connectivity index (χ4n) is 2.31. The van der Waals surface area contributed by atoms with Crippen molar-refractivity contribution in [2.45, 2.75) is 45.2 Å². The van der Waals surface area contributed by atoms with Gasteiger partial charge in [-0.3, -0.25) is 5.32 Å². The third kappa shape index (κ3) is 4.62. The first-order valence-electron chi connectivity index (χ1n) is 7.79. The number of carbonyl (C=O) groups is 1. The summed E-state index contributed by atoms with van der Waals surface area (Å²) in [6.45, 7) is 4.91. The van der Waals surface area contributed by atoms with Crippen LogP contribution in [0.2, 0.25) is 0 Å². The Kier molecular flexibility index (Phi) is 5.26. The van der Waals surface area contributed by atoms with Crippen molar-refractivity contribution in [1.29, 1.82) is 0 Å². The zero-order chi connectivity index (χ0) is 18.8. The molecule has 2 N–H and O–H groups in total. The number of nitrogens with zero attached hydrogens (tertiary/aromatic N) is 2. The van der Waals surface area contributed by atoms with Crippen LogP contribution in [0.3, 0.4) is 0 Å². The molecule has 138 valence electrons. The molecule has 0 radical (unpaired) electrons. The van der Waals surface area contributed by atoms with Gasteiger partial charge in [0, 0.05) is 5.69 Å². The van der Waals surface area contributed by atoms with Gasteiger partial charge in [-0.05, 0) is 38.5 Å². The lowest BCUT2D eigenvalue weighted by Gasteiger charge is -2.24. The Bertz CT molecular complexity index is 676. The van der Waals surface area contributed by atoms with Crippen molar-refractivity contribution in [3.05, 3.63) is 29.8 Å². The number of guanidine groups is 1. The first-order valence-corrected chi connectivity index (χ1v) is 7.79. The zero-order valence-corrected chi connectivity index (χ0v) is 14.1. The first kappa shape index (κ1) is 19.0. The summed E-state index contributed by atoms with van der Waals surface area (Å²) in [5.74, 6) is -0.0608. The molecule has 1 aliphatic rings. The van der Waals surface area contributed by atoms with E-state index >= 15 is 0 Å². The molecule has 2 rings (SSSR count). The standard InChI is InChI=1S/C16H20F3N3O3/c1-4-15(24)9-22(13(21-15)20-14(23)25-10(2)3)12-7-5-6-11(8-12)16(17,18)19/h5-8,10,24H,4,9H2,1-3H3,(H,20,21,23). The third-order valence-electron chi connectivity index (χ3n) is 3.59. The molecule has 9 heteroatoms. The van der Waals surface area contributed by atoms with Gasteiger partial charge in [-0.2, -0.15) is 13.2 Å². The van der Waals surface area contributed by atoms with Crippen LogP contribution in [0, 0.1) is 0 Å². The average Bonchev–Trinajstić information content (AvgIpc) is 2.83. The summed E-state index contributed by atoms with van der Waals surface area (Å²) in [6.07, 6.45) is -5.45. The van der Waals surface area contributed by atoms with E-state index in [1.165, 1.54) is 17.0 Å². The van der Waals surface area contributed by atoms with Gasteiger partial charge in [-0.25, -0.2) is 9.79 Å². The summed E-state index contributed by atoms with van der Waals surface area (Å²) < 4.78 is 43.8. The molecule has 1 aromatic carbocycles. The number of amides is 1. The number of halogens is 3. The highest BCUT2D eigenvalue weighted by molar-refractivity contribution is 6.05. The van der Waals surface area contributed by atoms with Gasteiger partial charge in [-0.1, -0.05) is 13.0 Å². The molecule has 1 unspecified atom stereocenters. The summed E-state index contributed by atoms with van der Waals surface area (Å²) in [4.78, 5) is 17.2. The van der Waals surface area contributed by atoms with Crippen LogP contribution in [0.5, 0.6) is 0 Å². The van der Waals surface area contributed by atoms with Crippen LogP contribution in [0.4, 0.5) is 23.7 Å². The number of aliphatic imine (C=N–C) groups is 1. The van der Waals surface area contributed by atoms with Gasteiger partial charge in [0.25, 0.3) is 0 Å².